The second-order valence-corrected chi connectivity index (χ2v) is 8.25. The van der Waals surface area contributed by atoms with Gasteiger partial charge < -0.3 is 10.4 Å². The zero-order valence-electron chi connectivity index (χ0n) is 15.9. The predicted molar refractivity (Wildman–Crippen MR) is 117 cm³/mol. The first kappa shape index (κ1) is 20.5. The normalized spacial score (nSPS) is 17.0. The molecule has 2 aromatic rings. The SMILES string of the molecule is CCC(C)N1C(=O)/C(=C\c2c(NCCO)nc3ccc(C)cn3c2=O)SC1=S. The summed E-state index contributed by atoms with van der Waals surface area (Å²) in [6.45, 7) is 5.96. The molecule has 3 heterocycles. The molecule has 0 saturated carbocycles. The van der Waals surface area contributed by atoms with Gasteiger partial charge in [-0.15, -0.1) is 0 Å². The minimum atomic E-state index is -0.289. The van der Waals surface area contributed by atoms with Crippen molar-refractivity contribution < 1.29 is 9.90 Å². The van der Waals surface area contributed by atoms with Gasteiger partial charge in [-0.2, -0.15) is 0 Å². The number of nitrogens with zero attached hydrogens (tertiary/aromatic N) is 3. The van der Waals surface area contributed by atoms with Crippen LogP contribution in [-0.4, -0.2) is 48.8 Å². The number of aliphatic hydroxyl groups is 1. The highest BCUT2D eigenvalue weighted by atomic mass is 32.2. The molecule has 0 spiro atoms. The van der Waals surface area contributed by atoms with E-state index in [0.717, 1.165) is 12.0 Å². The van der Waals surface area contributed by atoms with Gasteiger partial charge in [0.15, 0.2) is 0 Å². The molecule has 2 aromatic heterocycles. The second-order valence-electron chi connectivity index (χ2n) is 6.57. The lowest BCUT2D eigenvalue weighted by Gasteiger charge is -2.21. The number of aliphatic hydroxyl groups excluding tert-OH is 1. The van der Waals surface area contributed by atoms with Gasteiger partial charge >= 0.3 is 0 Å². The molecule has 7 nitrogen and oxygen atoms in total. The minimum absolute atomic E-state index is 0.0103. The highest BCUT2D eigenvalue weighted by molar-refractivity contribution is 8.26. The molecule has 0 radical (unpaired) electrons. The zero-order valence-corrected chi connectivity index (χ0v) is 17.6. The Morgan fingerprint density at radius 1 is 1.39 bits per heavy atom. The number of anilines is 1. The average molecular weight is 419 g/mol. The molecule has 148 valence electrons. The number of pyridine rings is 1. The van der Waals surface area contributed by atoms with Gasteiger partial charge in [-0.05, 0) is 38.0 Å². The van der Waals surface area contributed by atoms with E-state index in [1.807, 2.05) is 26.8 Å². The van der Waals surface area contributed by atoms with Gasteiger partial charge in [0.2, 0.25) is 0 Å². The first-order valence-electron chi connectivity index (χ1n) is 9.02. The molecule has 1 saturated heterocycles. The fourth-order valence-corrected chi connectivity index (χ4v) is 4.32. The van der Waals surface area contributed by atoms with Crippen LogP contribution in [-0.2, 0) is 4.79 Å². The summed E-state index contributed by atoms with van der Waals surface area (Å²) in [7, 11) is 0. The van der Waals surface area contributed by atoms with Crippen LogP contribution in [0.4, 0.5) is 5.82 Å². The smallest absolute Gasteiger partial charge is 0.267 e. The van der Waals surface area contributed by atoms with Gasteiger partial charge in [-0.3, -0.25) is 18.9 Å². The molecule has 0 aliphatic carbocycles. The van der Waals surface area contributed by atoms with Crippen molar-refractivity contribution in [1.82, 2.24) is 14.3 Å². The third kappa shape index (κ3) is 3.82. The van der Waals surface area contributed by atoms with E-state index in [-0.39, 0.29) is 36.2 Å². The minimum Gasteiger partial charge on any atom is -0.395 e. The summed E-state index contributed by atoms with van der Waals surface area (Å²) >= 11 is 6.55. The quantitative estimate of drug-likeness (QED) is 0.550. The lowest BCUT2D eigenvalue weighted by Crippen LogP contribution is -2.36. The van der Waals surface area contributed by atoms with Crippen molar-refractivity contribution in [3.05, 3.63) is 44.7 Å². The van der Waals surface area contributed by atoms with Crippen LogP contribution in [0.1, 0.15) is 31.4 Å². The Balaban J connectivity index is 2.14. The number of aromatic nitrogens is 2. The number of rotatable bonds is 6. The summed E-state index contributed by atoms with van der Waals surface area (Å²) in [6, 6.07) is 3.62. The number of amides is 1. The van der Waals surface area contributed by atoms with E-state index in [4.69, 9.17) is 17.3 Å². The van der Waals surface area contributed by atoms with Crippen LogP contribution in [0.15, 0.2) is 28.0 Å². The maximum atomic E-state index is 13.1. The van der Waals surface area contributed by atoms with E-state index < -0.39 is 0 Å². The van der Waals surface area contributed by atoms with E-state index in [9.17, 15) is 9.59 Å². The van der Waals surface area contributed by atoms with Crippen molar-refractivity contribution >= 4 is 51.7 Å². The number of nitrogens with one attached hydrogen (secondary N) is 1. The number of hydrogen-bond acceptors (Lipinski definition) is 7. The van der Waals surface area contributed by atoms with E-state index >= 15 is 0 Å². The Labute approximate surface area is 172 Å². The maximum Gasteiger partial charge on any atom is 0.267 e. The van der Waals surface area contributed by atoms with Gasteiger partial charge in [0.1, 0.15) is 15.8 Å². The molecule has 28 heavy (non-hydrogen) atoms. The topological polar surface area (TPSA) is 86.9 Å². The summed E-state index contributed by atoms with van der Waals surface area (Å²) in [5.74, 6) is 0.128. The number of hydrogen-bond donors (Lipinski definition) is 2. The number of thioether (sulfide) groups is 1. The van der Waals surface area contributed by atoms with Crippen LogP contribution in [0.25, 0.3) is 11.7 Å². The zero-order chi connectivity index (χ0) is 20.4. The summed E-state index contributed by atoms with van der Waals surface area (Å²) < 4.78 is 1.95. The standard InChI is InChI=1S/C19H22N4O3S2/c1-4-12(3)23-18(26)14(28-19(23)27)9-13-16(20-7-8-24)21-15-6-5-11(2)10-22(15)17(13)25/h5-6,9-10,12,20,24H,4,7-8H2,1-3H3/b14-9+. The Kier molecular flexibility index (Phi) is 6.17. The molecule has 1 aliphatic heterocycles. The maximum absolute atomic E-state index is 13.1. The van der Waals surface area contributed by atoms with Crippen molar-refractivity contribution in [3.8, 4) is 0 Å². The fourth-order valence-electron chi connectivity index (χ4n) is 2.87. The average Bonchev–Trinajstić information content (AvgIpc) is 2.95. The van der Waals surface area contributed by atoms with Crippen LogP contribution < -0.4 is 10.9 Å². The molecule has 1 fully saturated rings. The van der Waals surface area contributed by atoms with Crippen LogP contribution >= 0.6 is 24.0 Å². The van der Waals surface area contributed by atoms with Gasteiger partial charge in [0, 0.05) is 18.8 Å². The van der Waals surface area contributed by atoms with Crippen molar-refractivity contribution in [1.29, 1.82) is 0 Å². The summed E-state index contributed by atoms with van der Waals surface area (Å²) in [6.07, 6.45) is 4.04. The van der Waals surface area contributed by atoms with Crippen LogP contribution in [0.2, 0.25) is 0 Å². The van der Waals surface area contributed by atoms with Crippen LogP contribution in [0.3, 0.4) is 0 Å². The number of carbonyl (C=O) groups is 1. The number of aryl methyl sites for hydroxylation is 1. The van der Waals surface area contributed by atoms with Crippen molar-refractivity contribution in [2.75, 3.05) is 18.5 Å². The highest BCUT2D eigenvalue weighted by Gasteiger charge is 2.35. The molecule has 3 rings (SSSR count). The van der Waals surface area contributed by atoms with Crippen molar-refractivity contribution in [2.45, 2.75) is 33.2 Å². The highest BCUT2D eigenvalue weighted by Crippen LogP contribution is 2.34. The molecule has 1 atom stereocenters. The lowest BCUT2D eigenvalue weighted by molar-refractivity contribution is -0.123. The molecule has 1 aliphatic rings. The lowest BCUT2D eigenvalue weighted by atomic mass is 10.2. The van der Waals surface area contributed by atoms with Crippen LogP contribution in [0.5, 0.6) is 0 Å². The summed E-state index contributed by atoms with van der Waals surface area (Å²) in [5, 5.41) is 12.1. The largest absolute Gasteiger partial charge is 0.395 e. The third-order valence-corrected chi connectivity index (χ3v) is 5.87. The molecule has 9 heteroatoms. The van der Waals surface area contributed by atoms with Gasteiger partial charge in [0.25, 0.3) is 11.5 Å². The molecule has 1 unspecified atom stereocenters. The van der Waals surface area contributed by atoms with E-state index in [0.29, 0.717) is 20.7 Å². The van der Waals surface area contributed by atoms with Gasteiger partial charge in [-0.25, -0.2) is 4.98 Å². The predicted octanol–water partition coefficient (Wildman–Crippen LogP) is 2.41. The van der Waals surface area contributed by atoms with Gasteiger partial charge in [-0.1, -0.05) is 37.0 Å². The monoisotopic (exact) mass is 418 g/mol. The van der Waals surface area contributed by atoms with Gasteiger partial charge in [0.05, 0.1) is 17.1 Å². The van der Waals surface area contributed by atoms with Crippen LogP contribution in [0, 0.1) is 6.92 Å². The Morgan fingerprint density at radius 2 is 2.14 bits per heavy atom. The molecular formula is C19H22N4O3S2. The first-order valence-corrected chi connectivity index (χ1v) is 10.2. The Hall–Kier alpha value is -2.23. The van der Waals surface area contributed by atoms with Crippen molar-refractivity contribution in [2.24, 2.45) is 0 Å². The van der Waals surface area contributed by atoms with E-state index in [1.165, 1.54) is 16.2 Å². The van der Waals surface area contributed by atoms with Crippen molar-refractivity contribution in [3.63, 3.8) is 0 Å². The molecule has 0 aromatic carbocycles. The number of fused-ring (bicyclic) bond motifs is 1. The summed E-state index contributed by atoms with van der Waals surface area (Å²) in [5.41, 5.74) is 1.38. The fraction of sp³-hybridized carbons (Fsp3) is 0.368. The van der Waals surface area contributed by atoms with E-state index in [2.05, 4.69) is 10.3 Å². The number of carbonyl (C=O) groups excluding carboxylic acids is 1. The molecule has 0 bridgehead atoms. The molecule has 1 amide bonds. The summed E-state index contributed by atoms with van der Waals surface area (Å²) in [4.78, 5) is 32.4. The first-order chi connectivity index (χ1) is 13.4. The number of thiocarbonyl (C=S) groups is 1. The van der Waals surface area contributed by atoms with E-state index in [1.54, 1.807) is 23.2 Å². The Morgan fingerprint density at radius 3 is 2.82 bits per heavy atom. The molecular weight excluding hydrogens is 396 g/mol. The second kappa shape index (κ2) is 8.42. The Bertz CT molecular complexity index is 1030. The third-order valence-electron chi connectivity index (χ3n) is 4.54. The molecule has 2 N–H and O–H groups in total.